The van der Waals surface area contributed by atoms with E-state index in [1.54, 1.807) is 0 Å². The van der Waals surface area contributed by atoms with E-state index in [0.29, 0.717) is 0 Å². The molecule has 0 spiro atoms. The van der Waals surface area contributed by atoms with Crippen LogP contribution >= 0.6 is 0 Å². The Labute approximate surface area is 159 Å². The largest absolute Gasteiger partial charge is 0.370 e. The average molecular weight is 406 g/mol. The van der Waals surface area contributed by atoms with Crippen molar-refractivity contribution < 1.29 is 31.9 Å². The van der Waals surface area contributed by atoms with Gasteiger partial charge in [-0.2, -0.15) is 0 Å². The van der Waals surface area contributed by atoms with Crippen LogP contribution in [-0.2, 0) is 14.3 Å². The Balaban J connectivity index is 2.21. The van der Waals surface area contributed by atoms with Gasteiger partial charge >= 0.3 is 0 Å². The number of alkyl halides is 4. The molecule has 0 aliphatic carbocycles. The number of nitrogens with two attached hydrogens (primary N) is 1. The van der Waals surface area contributed by atoms with Gasteiger partial charge in [-0.3, -0.25) is 14.5 Å². The summed E-state index contributed by atoms with van der Waals surface area (Å²) in [5, 5.41) is 2.42. The van der Waals surface area contributed by atoms with Crippen molar-refractivity contribution in [1.29, 1.82) is 0 Å². The van der Waals surface area contributed by atoms with Gasteiger partial charge in [0.1, 0.15) is 12.6 Å². The van der Waals surface area contributed by atoms with Crippen molar-refractivity contribution in [3.8, 4) is 0 Å². The Morgan fingerprint density at radius 3 is 2.64 bits per heavy atom. The summed E-state index contributed by atoms with van der Waals surface area (Å²) in [6.07, 6.45) is -5.54. The normalized spacial score (nSPS) is 16.2. The number of anilines is 2. The smallest absolute Gasteiger partial charge is 0.265 e. The van der Waals surface area contributed by atoms with Crippen LogP contribution in [0.2, 0.25) is 0 Å². The van der Waals surface area contributed by atoms with Crippen LogP contribution in [0.15, 0.2) is 18.2 Å². The number of amides is 2. The fraction of sp³-hybridized carbons (Fsp3) is 0.529. The summed E-state index contributed by atoms with van der Waals surface area (Å²) in [6, 6.07) is 2.68. The molecule has 156 valence electrons. The molecule has 2 amide bonds. The molecular formula is C17H22F4N4O3. The summed E-state index contributed by atoms with van der Waals surface area (Å²) >= 11 is 0. The molecule has 1 aromatic rings. The fourth-order valence-electron chi connectivity index (χ4n) is 2.88. The molecule has 0 radical (unpaired) electrons. The Morgan fingerprint density at radius 2 is 2.07 bits per heavy atom. The van der Waals surface area contributed by atoms with Crippen LogP contribution < -0.4 is 16.0 Å². The zero-order valence-electron chi connectivity index (χ0n) is 15.2. The van der Waals surface area contributed by atoms with Crippen LogP contribution in [0.3, 0.4) is 0 Å². The topological polar surface area (TPSA) is 87.9 Å². The van der Waals surface area contributed by atoms with Crippen molar-refractivity contribution in [1.82, 2.24) is 4.90 Å². The van der Waals surface area contributed by atoms with Gasteiger partial charge in [-0.1, -0.05) is 0 Å². The van der Waals surface area contributed by atoms with E-state index in [1.807, 2.05) is 0 Å². The maximum atomic E-state index is 13.5. The van der Waals surface area contributed by atoms with Gasteiger partial charge in [0, 0.05) is 24.3 Å². The van der Waals surface area contributed by atoms with Crippen LogP contribution in [0, 0.1) is 0 Å². The number of nitrogens with one attached hydrogen (secondary N) is 1. The molecule has 7 nitrogen and oxygen atoms in total. The number of carbonyl (C=O) groups excluding carboxylic acids is 2. The highest BCUT2D eigenvalue weighted by atomic mass is 19.3. The first kappa shape index (κ1) is 22.1. The third-order valence-corrected chi connectivity index (χ3v) is 4.29. The number of benzene rings is 1. The summed E-state index contributed by atoms with van der Waals surface area (Å²) in [7, 11) is 1.32. The van der Waals surface area contributed by atoms with E-state index in [9.17, 15) is 27.2 Å². The lowest BCUT2D eigenvalue weighted by Crippen LogP contribution is -2.48. The molecule has 1 aliphatic rings. The Bertz CT molecular complexity index is 705. The SMILES string of the molecule is CN(CC(F)F)[C@@H](CN)C(=O)Nc1ccc(N2CCOCC2=O)c(C(F)F)c1. The van der Waals surface area contributed by atoms with E-state index < -0.39 is 42.8 Å². The monoisotopic (exact) mass is 406 g/mol. The van der Waals surface area contributed by atoms with Gasteiger partial charge in [0.15, 0.2) is 0 Å². The highest BCUT2D eigenvalue weighted by molar-refractivity contribution is 5.97. The zero-order valence-corrected chi connectivity index (χ0v) is 15.2. The van der Waals surface area contributed by atoms with Crippen molar-refractivity contribution in [3.63, 3.8) is 0 Å². The lowest BCUT2D eigenvalue weighted by atomic mass is 10.1. The number of hydrogen-bond acceptors (Lipinski definition) is 5. The average Bonchev–Trinajstić information content (AvgIpc) is 2.62. The van der Waals surface area contributed by atoms with Gasteiger partial charge < -0.3 is 20.7 Å². The molecular weight excluding hydrogens is 384 g/mol. The summed E-state index contributed by atoms with van der Waals surface area (Å²) in [5.41, 5.74) is 5.15. The van der Waals surface area contributed by atoms with Crippen molar-refractivity contribution in [2.45, 2.75) is 18.9 Å². The molecule has 1 atom stereocenters. The summed E-state index contributed by atoms with van der Waals surface area (Å²) in [5.74, 6) is -1.14. The molecule has 3 N–H and O–H groups in total. The minimum absolute atomic E-state index is 0.0338. The maximum Gasteiger partial charge on any atom is 0.265 e. The standard InChI is InChI=1S/C17H22F4N4O3/c1-24(8-14(18)19)13(7-22)17(27)23-10-2-3-12(11(6-10)16(20)21)25-4-5-28-9-15(25)26/h2-3,6,13-14,16H,4-5,7-9,22H2,1H3,(H,23,27)/t13-/m0/s1. The van der Waals surface area contributed by atoms with E-state index in [2.05, 4.69) is 5.32 Å². The van der Waals surface area contributed by atoms with Crippen LogP contribution in [0.1, 0.15) is 12.0 Å². The number of carbonyl (C=O) groups is 2. The van der Waals surface area contributed by atoms with Crippen LogP contribution in [0.5, 0.6) is 0 Å². The maximum absolute atomic E-state index is 13.5. The molecule has 1 fully saturated rings. The first-order valence-electron chi connectivity index (χ1n) is 8.54. The van der Waals surface area contributed by atoms with E-state index >= 15 is 0 Å². The molecule has 1 aromatic carbocycles. The molecule has 1 aliphatic heterocycles. The Hall–Kier alpha value is -2.24. The second kappa shape index (κ2) is 9.80. The second-order valence-electron chi connectivity index (χ2n) is 6.24. The van der Waals surface area contributed by atoms with Gasteiger partial charge in [-0.05, 0) is 25.2 Å². The van der Waals surface area contributed by atoms with Gasteiger partial charge in [-0.15, -0.1) is 0 Å². The number of likely N-dealkylation sites (N-methyl/N-ethyl adjacent to an activating group) is 1. The van der Waals surface area contributed by atoms with E-state index in [1.165, 1.54) is 24.1 Å². The molecule has 0 aromatic heterocycles. The predicted molar refractivity (Wildman–Crippen MR) is 94.7 cm³/mol. The quantitative estimate of drug-likeness (QED) is 0.638. The number of halogens is 4. The number of nitrogens with zero attached hydrogens (tertiary/aromatic N) is 2. The number of hydrogen-bond donors (Lipinski definition) is 2. The molecule has 11 heteroatoms. The molecule has 0 unspecified atom stereocenters. The van der Waals surface area contributed by atoms with Gasteiger partial charge in [0.25, 0.3) is 18.8 Å². The predicted octanol–water partition coefficient (Wildman–Crippen LogP) is 1.45. The van der Waals surface area contributed by atoms with Crippen LogP contribution in [-0.4, -0.2) is 69.1 Å². The second-order valence-corrected chi connectivity index (χ2v) is 6.24. The summed E-state index contributed by atoms with van der Waals surface area (Å²) in [4.78, 5) is 26.6. The summed E-state index contributed by atoms with van der Waals surface area (Å²) in [6.45, 7) is -0.720. The Morgan fingerprint density at radius 1 is 1.36 bits per heavy atom. The molecule has 1 heterocycles. The van der Waals surface area contributed by atoms with Crippen LogP contribution in [0.4, 0.5) is 28.9 Å². The number of ether oxygens (including phenoxy) is 1. The third-order valence-electron chi connectivity index (χ3n) is 4.29. The minimum atomic E-state index is -2.89. The van der Waals surface area contributed by atoms with Crippen molar-refractivity contribution in [2.24, 2.45) is 5.73 Å². The van der Waals surface area contributed by atoms with Crippen molar-refractivity contribution in [2.75, 3.05) is 50.1 Å². The summed E-state index contributed by atoms with van der Waals surface area (Å²) < 4.78 is 57.1. The number of rotatable bonds is 8. The van der Waals surface area contributed by atoms with Crippen LogP contribution in [0.25, 0.3) is 0 Å². The highest BCUT2D eigenvalue weighted by Crippen LogP contribution is 2.33. The highest BCUT2D eigenvalue weighted by Gasteiger charge is 2.27. The lowest BCUT2D eigenvalue weighted by molar-refractivity contribution is -0.125. The molecule has 2 rings (SSSR count). The lowest BCUT2D eigenvalue weighted by Gasteiger charge is -2.29. The van der Waals surface area contributed by atoms with E-state index in [-0.39, 0.29) is 37.7 Å². The first-order valence-corrected chi connectivity index (χ1v) is 8.54. The Kier molecular flexibility index (Phi) is 7.72. The van der Waals surface area contributed by atoms with Gasteiger partial charge in [0.05, 0.1) is 18.8 Å². The molecule has 0 bridgehead atoms. The van der Waals surface area contributed by atoms with Gasteiger partial charge in [-0.25, -0.2) is 17.6 Å². The zero-order chi connectivity index (χ0) is 20.8. The van der Waals surface area contributed by atoms with Crippen molar-refractivity contribution >= 4 is 23.2 Å². The van der Waals surface area contributed by atoms with E-state index in [0.717, 1.165) is 11.0 Å². The number of morpholine rings is 1. The third kappa shape index (κ3) is 5.40. The van der Waals surface area contributed by atoms with E-state index in [4.69, 9.17) is 10.5 Å². The van der Waals surface area contributed by atoms with Crippen molar-refractivity contribution in [3.05, 3.63) is 23.8 Å². The first-order chi connectivity index (χ1) is 13.2. The molecule has 28 heavy (non-hydrogen) atoms. The fourth-order valence-corrected chi connectivity index (χ4v) is 2.88. The molecule has 0 saturated carbocycles. The molecule has 1 saturated heterocycles. The van der Waals surface area contributed by atoms with Gasteiger partial charge in [0.2, 0.25) is 5.91 Å². The minimum Gasteiger partial charge on any atom is -0.370 e.